The van der Waals surface area contributed by atoms with Crippen LogP contribution in [0.3, 0.4) is 0 Å². The molecule has 0 saturated carbocycles. The van der Waals surface area contributed by atoms with E-state index in [9.17, 15) is 14.4 Å². The fourth-order valence-corrected chi connectivity index (χ4v) is 3.37. The van der Waals surface area contributed by atoms with E-state index >= 15 is 0 Å². The van der Waals surface area contributed by atoms with E-state index in [2.05, 4.69) is 10.3 Å². The number of carbonyl (C=O) groups excluding carboxylic acids is 1. The van der Waals surface area contributed by atoms with Crippen LogP contribution in [-0.4, -0.2) is 27.2 Å². The summed E-state index contributed by atoms with van der Waals surface area (Å²) in [5.74, 6) is 0.701. The molecule has 0 amide bonds. The van der Waals surface area contributed by atoms with Crippen molar-refractivity contribution < 1.29 is 14.3 Å². The topological polar surface area (TPSA) is 104 Å². The van der Waals surface area contributed by atoms with E-state index in [0.717, 1.165) is 15.7 Å². The summed E-state index contributed by atoms with van der Waals surface area (Å²) >= 11 is 0. The standard InChI is InChI=1S/C26H24N4O5/c1-17-7-9-18(10-8-17)16-30-24(28-25(32)29(2)26(30)33)27-20-11-13-21(14-12-20)35-22-6-4-5-19(15-22)23(31)34-3/h4-15H,16H2,1-3H3,(H,27,28,32). The van der Waals surface area contributed by atoms with Crippen LogP contribution in [-0.2, 0) is 18.3 Å². The van der Waals surface area contributed by atoms with Crippen LogP contribution in [0.25, 0.3) is 0 Å². The van der Waals surface area contributed by atoms with Crippen molar-refractivity contribution in [3.8, 4) is 11.5 Å². The zero-order chi connectivity index (χ0) is 24.9. The molecule has 0 aliphatic rings. The minimum atomic E-state index is -0.650. The number of rotatable bonds is 7. The van der Waals surface area contributed by atoms with E-state index in [0.29, 0.717) is 22.7 Å². The Balaban J connectivity index is 1.56. The van der Waals surface area contributed by atoms with Crippen LogP contribution in [0.4, 0.5) is 11.6 Å². The maximum Gasteiger partial charge on any atom is 0.354 e. The zero-order valence-corrected chi connectivity index (χ0v) is 19.5. The van der Waals surface area contributed by atoms with Gasteiger partial charge >= 0.3 is 17.3 Å². The number of hydrogen-bond donors (Lipinski definition) is 1. The lowest BCUT2D eigenvalue weighted by Crippen LogP contribution is -2.41. The van der Waals surface area contributed by atoms with Gasteiger partial charge in [0.15, 0.2) is 0 Å². The Morgan fingerprint density at radius 2 is 1.69 bits per heavy atom. The van der Waals surface area contributed by atoms with Gasteiger partial charge in [-0.25, -0.2) is 19.0 Å². The van der Waals surface area contributed by atoms with Crippen molar-refractivity contribution in [2.45, 2.75) is 13.5 Å². The fourth-order valence-electron chi connectivity index (χ4n) is 3.37. The SMILES string of the molecule is COC(=O)c1cccc(Oc2ccc(Nc3nc(=O)n(C)c(=O)n3Cc3ccc(C)cc3)cc2)c1. The predicted molar refractivity (Wildman–Crippen MR) is 132 cm³/mol. The number of carbonyl (C=O) groups is 1. The summed E-state index contributed by atoms with van der Waals surface area (Å²) in [7, 11) is 2.72. The Kier molecular flexibility index (Phi) is 6.77. The van der Waals surface area contributed by atoms with Crippen LogP contribution < -0.4 is 21.4 Å². The van der Waals surface area contributed by atoms with Crippen LogP contribution >= 0.6 is 0 Å². The lowest BCUT2D eigenvalue weighted by molar-refractivity contribution is 0.0600. The Morgan fingerprint density at radius 1 is 0.971 bits per heavy atom. The smallest absolute Gasteiger partial charge is 0.354 e. The van der Waals surface area contributed by atoms with E-state index < -0.39 is 17.3 Å². The molecule has 0 atom stereocenters. The van der Waals surface area contributed by atoms with Gasteiger partial charge in [-0.1, -0.05) is 35.9 Å². The van der Waals surface area contributed by atoms with Gasteiger partial charge in [0.25, 0.3) is 0 Å². The van der Waals surface area contributed by atoms with Crippen molar-refractivity contribution in [1.29, 1.82) is 0 Å². The molecule has 0 radical (unpaired) electrons. The largest absolute Gasteiger partial charge is 0.465 e. The molecule has 4 aromatic rings. The van der Waals surface area contributed by atoms with Gasteiger partial charge in [0.2, 0.25) is 5.95 Å². The molecule has 4 rings (SSSR count). The summed E-state index contributed by atoms with van der Waals surface area (Å²) in [5, 5.41) is 3.06. The minimum absolute atomic E-state index is 0.137. The lowest BCUT2D eigenvalue weighted by atomic mass is 10.1. The molecule has 0 saturated heterocycles. The summed E-state index contributed by atoms with van der Waals surface area (Å²) in [6.07, 6.45) is 0. The first-order valence-corrected chi connectivity index (χ1v) is 10.8. The highest BCUT2D eigenvalue weighted by Gasteiger charge is 2.12. The van der Waals surface area contributed by atoms with E-state index in [1.54, 1.807) is 48.5 Å². The van der Waals surface area contributed by atoms with Crippen LogP contribution in [0.2, 0.25) is 0 Å². The number of benzene rings is 3. The fraction of sp³-hybridized carbons (Fsp3) is 0.154. The Labute approximate surface area is 201 Å². The maximum atomic E-state index is 12.8. The second-order valence-corrected chi connectivity index (χ2v) is 7.90. The Hall–Kier alpha value is -4.66. The second kappa shape index (κ2) is 10.1. The number of nitrogens with zero attached hydrogens (tertiary/aromatic N) is 3. The summed E-state index contributed by atoms with van der Waals surface area (Å²) < 4.78 is 12.9. The van der Waals surface area contributed by atoms with E-state index in [-0.39, 0.29) is 12.5 Å². The molecule has 3 aromatic carbocycles. The summed E-state index contributed by atoms with van der Waals surface area (Å²) in [4.78, 5) is 40.8. The number of ether oxygens (including phenoxy) is 2. The van der Waals surface area contributed by atoms with Gasteiger partial charge in [0.1, 0.15) is 11.5 Å². The van der Waals surface area contributed by atoms with Crippen LogP contribution in [0.5, 0.6) is 11.5 Å². The number of anilines is 2. The van der Waals surface area contributed by atoms with Gasteiger partial charge in [0, 0.05) is 12.7 Å². The van der Waals surface area contributed by atoms with Gasteiger partial charge < -0.3 is 14.8 Å². The third-order valence-electron chi connectivity index (χ3n) is 5.32. The highest BCUT2D eigenvalue weighted by atomic mass is 16.5. The average Bonchev–Trinajstić information content (AvgIpc) is 2.87. The summed E-state index contributed by atoms with van der Waals surface area (Å²) in [5.41, 5.74) is 1.88. The molecule has 0 bridgehead atoms. The molecule has 0 fully saturated rings. The van der Waals surface area contributed by atoms with Crippen molar-refractivity contribution in [1.82, 2.24) is 14.1 Å². The van der Waals surface area contributed by atoms with Gasteiger partial charge in [-0.2, -0.15) is 4.98 Å². The van der Waals surface area contributed by atoms with Crippen molar-refractivity contribution >= 4 is 17.6 Å². The number of aromatic nitrogens is 3. The molecule has 35 heavy (non-hydrogen) atoms. The highest BCUT2D eigenvalue weighted by molar-refractivity contribution is 5.89. The third-order valence-corrected chi connectivity index (χ3v) is 5.32. The van der Waals surface area contributed by atoms with Crippen molar-refractivity contribution in [3.63, 3.8) is 0 Å². The van der Waals surface area contributed by atoms with Gasteiger partial charge in [-0.15, -0.1) is 0 Å². The first-order chi connectivity index (χ1) is 16.8. The molecule has 0 aliphatic heterocycles. The Bertz CT molecular complexity index is 1470. The van der Waals surface area contributed by atoms with E-state index in [1.165, 1.54) is 18.7 Å². The van der Waals surface area contributed by atoms with Gasteiger partial charge in [-0.3, -0.25) is 4.57 Å². The molecule has 1 aromatic heterocycles. The molecule has 9 nitrogen and oxygen atoms in total. The molecule has 0 spiro atoms. The molecule has 1 N–H and O–H groups in total. The predicted octanol–water partition coefficient (Wildman–Crippen LogP) is 3.62. The van der Waals surface area contributed by atoms with Crippen LogP contribution in [0.15, 0.2) is 82.4 Å². The number of methoxy groups -OCH3 is 1. The minimum Gasteiger partial charge on any atom is -0.465 e. The number of aryl methyl sites for hydroxylation is 1. The van der Waals surface area contributed by atoms with Crippen molar-refractivity contribution in [3.05, 3.63) is 110 Å². The zero-order valence-electron chi connectivity index (χ0n) is 19.5. The molecular formula is C26H24N4O5. The normalized spacial score (nSPS) is 10.6. The number of esters is 1. The first kappa shape index (κ1) is 23.5. The summed E-state index contributed by atoms with van der Waals surface area (Å²) in [6.45, 7) is 2.24. The highest BCUT2D eigenvalue weighted by Crippen LogP contribution is 2.25. The molecule has 0 aliphatic carbocycles. The number of nitrogens with one attached hydrogen (secondary N) is 1. The molecular weight excluding hydrogens is 448 g/mol. The van der Waals surface area contributed by atoms with Crippen molar-refractivity contribution in [2.24, 2.45) is 7.05 Å². The number of hydrogen-bond acceptors (Lipinski definition) is 7. The monoisotopic (exact) mass is 472 g/mol. The first-order valence-electron chi connectivity index (χ1n) is 10.8. The van der Waals surface area contributed by atoms with Crippen LogP contribution in [0.1, 0.15) is 21.5 Å². The Morgan fingerprint density at radius 3 is 2.37 bits per heavy atom. The van der Waals surface area contributed by atoms with Gasteiger partial charge in [-0.05, 0) is 55.0 Å². The van der Waals surface area contributed by atoms with Crippen molar-refractivity contribution in [2.75, 3.05) is 12.4 Å². The summed E-state index contributed by atoms with van der Waals surface area (Å²) in [6, 6.07) is 21.3. The maximum absolute atomic E-state index is 12.8. The quantitative estimate of drug-likeness (QED) is 0.410. The van der Waals surface area contributed by atoms with Crippen LogP contribution in [0, 0.1) is 6.92 Å². The third kappa shape index (κ3) is 5.47. The average molecular weight is 473 g/mol. The molecule has 178 valence electrons. The van der Waals surface area contributed by atoms with Gasteiger partial charge in [0.05, 0.1) is 19.2 Å². The van der Waals surface area contributed by atoms with E-state index in [1.807, 2.05) is 31.2 Å². The molecule has 9 heteroatoms. The molecule has 1 heterocycles. The van der Waals surface area contributed by atoms with E-state index in [4.69, 9.17) is 9.47 Å². The second-order valence-electron chi connectivity index (χ2n) is 7.90. The lowest BCUT2D eigenvalue weighted by Gasteiger charge is -2.15. The molecule has 0 unspecified atom stereocenters.